The van der Waals surface area contributed by atoms with Gasteiger partial charge >= 0.3 is 6.09 Å². The Hall–Kier alpha value is -4.24. The van der Waals surface area contributed by atoms with Crippen molar-refractivity contribution in [2.45, 2.75) is 96.9 Å². The molecule has 1 spiro atoms. The molecule has 3 aromatic heterocycles. The van der Waals surface area contributed by atoms with E-state index in [4.69, 9.17) is 45.6 Å². The summed E-state index contributed by atoms with van der Waals surface area (Å²) < 4.78 is 25.1. The van der Waals surface area contributed by atoms with Crippen LogP contribution in [0.3, 0.4) is 0 Å². The number of hydrogen-bond acceptors (Lipinski definition) is 12. The van der Waals surface area contributed by atoms with Gasteiger partial charge in [0.1, 0.15) is 34.1 Å². The highest BCUT2D eigenvalue weighted by Crippen LogP contribution is 2.44. The van der Waals surface area contributed by atoms with Crippen LogP contribution in [0.1, 0.15) is 77.3 Å². The van der Waals surface area contributed by atoms with Crippen molar-refractivity contribution in [3.8, 4) is 17.0 Å². The van der Waals surface area contributed by atoms with Gasteiger partial charge in [-0.3, -0.25) is 0 Å². The van der Waals surface area contributed by atoms with Gasteiger partial charge in [-0.2, -0.15) is 5.10 Å². The second-order valence-corrected chi connectivity index (χ2v) is 16.0. The number of piperidine rings is 1. The van der Waals surface area contributed by atoms with Gasteiger partial charge in [0.05, 0.1) is 37.5 Å². The Morgan fingerprint density at radius 3 is 2.56 bits per heavy atom. The number of rotatable bonds is 9. The van der Waals surface area contributed by atoms with E-state index in [2.05, 4.69) is 15.2 Å². The zero-order chi connectivity index (χ0) is 38.2. The number of carbonyl (C=O) groups excluding carboxylic acids is 1. The molecule has 3 aliphatic heterocycles. The number of anilines is 2. The minimum Gasteiger partial charge on any atom is -0.497 e. The van der Waals surface area contributed by atoms with Gasteiger partial charge in [-0.25, -0.2) is 24.4 Å². The lowest BCUT2D eigenvalue weighted by atomic mass is 9.73. The van der Waals surface area contributed by atoms with Crippen LogP contribution in [0.5, 0.6) is 5.75 Å². The lowest BCUT2D eigenvalue weighted by Gasteiger charge is -2.43. The average molecular weight is 763 g/mol. The van der Waals surface area contributed by atoms with E-state index in [1.165, 1.54) is 0 Å². The monoisotopic (exact) mass is 762 g/mol. The van der Waals surface area contributed by atoms with Crippen LogP contribution in [0, 0.1) is 5.41 Å². The molecule has 0 saturated carbocycles. The number of pyridine rings is 1. The lowest BCUT2D eigenvalue weighted by Crippen LogP contribution is -2.55. The van der Waals surface area contributed by atoms with Gasteiger partial charge in [-0.05, 0) is 83.6 Å². The lowest BCUT2D eigenvalue weighted by molar-refractivity contribution is -0.0368. The number of alkyl carbamates (subject to hydrolysis) is 1. The third kappa shape index (κ3) is 7.66. The number of aliphatic hydroxyl groups excluding tert-OH is 1. The molecular formula is C39H51ClN8O6. The number of carbonyl (C=O) groups is 1. The average Bonchev–Trinajstić information content (AvgIpc) is 3.67. The van der Waals surface area contributed by atoms with E-state index in [0.29, 0.717) is 77.6 Å². The largest absolute Gasteiger partial charge is 0.497 e. The number of nitrogens with one attached hydrogen (secondary N) is 1. The van der Waals surface area contributed by atoms with Crippen molar-refractivity contribution in [2.24, 2.45) is 5.41 Å². The third-order valence-electron chi connectivity index (χ3n) is 10.7. The quantitative estimate of drug-likeness (QED) is 0.198. The molecule has 290 valence electrons. The molecule has 1 aromatic carbocycles. The summed E-state index contributed by atoms with van der Waals surface area (Å²) >= 11 is 7.16. The zero-order valence-corrected chi connectivity index (χ0v) is 32.7. The van der Waals surface area contributed by atoms with Crippen molar-refractivity contribution in [3.05, 3.63) is 52.8 Å². The number of halogens is 1. The summed E-state index contributed by atoms with van der Waals surface area (Å²) in [6, 6.07) is 9.53. The van der Waals surface area contributed by atoms with Crippen LogP contribution in [-0.4, -0.2) is 94.1 Å². The molecule has 3 atom stereocenters. The van der Waals surface area contributed by atoms with Gasteiger partial charge in [0, 0.05) is 50.5 Å². The van der Waals surface area contributed by atoms with E-state index in [1.807, 2.05) is 74.7 Å². The number of amides is 1. The van der Waals surface area contributed by atoms with Crippen LogP contribution in [0.2, 0.25) is 5.02 Å². The Morgan fingerprint density at radius 1 is 1.13 bits per heavy atom. The summed E-state index contributed by atoms with van der Waals surface area (Å²) in [5, 5.41) is 19.4. The molecule has 4 aromatic rings. The first-order chi connectivity index (χ1) is 25.9. The Balaban J connectivity index is 1.20. The highest BCUT2D eigenvalue weighted by molar-refractivity contribution is 6.36. The number of methoxy groups -OCH3 is 1. The molecule has 7 rings (SSSR count). The smallest absolute Gasteiger partial charge is 0.407 e. The molecule has 0 radical (unpaired) electrons. The fraction of sp³-hybridized carbons (Fsp3) is 0.564. The molecule has 1 unspecified atom stereocenters. The van der Waals surface area contributed by atoms with Gasteiger partial charge in [0.15, 0.2) is 17.7 Å². The van der Waals surface area contributed by atoms with E-state index < -0.39 is 11.7 Å². The van der Waals surface area contributed by atoms with Crippen LogP contribution in [0.15, 0.2) is 36.5 Å². The summed E-state index contributed by atoms with van der Waals surface area (Å²) in [4.78, 5) is 31.9. The van der Waals surface area contributed by atoms with Crippen LogP contribution in [-0.2, 0) is 27.4 Å². The SMILES string of the molecule is COc1ccc(CN(C)c2nccc(-c3nn(C4CCCCO4)c4nc(N5CCC6(CC5)CO[C@@H](C)[C@H]6NC(=O)OC(C)(C)C)c(CO)nc34)c2Cl)cc1. The Labute approximate surface area is 321 Å². The van der Waals surface area contributed by atoms with E-state index in [1.54, 1.807) is 13.3 Å². The van der Waals surface area contributed by atoms with E-state index in [9.17, 15) is 9.90 Å². The molecule has 54 heavy (non-hydrogen) atoms. The summed E-state index contributed by atoms with van der Waals surface area (Å²) in [5.41, 5.74) is 2.96. The highest BCUT2D eigenvalue weighted by Gasteiger charge is 2.51. The molecule has 15 heteroatoms. The maximum absolute atomic E-state index is 12.8. The number of benzene rings is 1. The molecule has 3 aliphatic rings. The number of aromatic nitrogens is 5. The normalized spacial score (nSPS) is 21.4. The van der Waals surface area contributed by atoms with Crippen LogP contribution >= 0.6 is 11.6 Å². The maximum Gasteiger partial charge on any atom is 0.407 e. The van der Waals surface area contributed by atoms with Crippen LogP contribution in [0.4, 0.5) is 16.4 Å². The van der Waals surface area contributed by atoms with Crippen LogP contribution in [0.25, 0.3) is 22.4 Å². The third-order valence-corrected chi connectivity index (χ3v) is 11.1. The Morgan fingerprint density at radius 2 is 1.89 bits per heavy atom. The number of fused-ring (bicyclic) bond motifs is 1. The molecule has 3 fully saturated rings. The van der Waals surface area contributed by atoms with Crippen molar-refractivity contribution in [1.29, 1.82) is 0 Å². The van der Waals surface area contributed by atoms with Gasteiger partial charge in [0.2, 0.25) is 0 Å². The molecule has 6 heterocycles. The van der Waals surface area contributed by atoms with E-state index >= 15 is 0 Å². The second kappa shape index (κ2) is 15.5. The molecule has 1 amide bonds. The standard InChI is InChI=1S/C39H51ClN8O6/c1-24-33(43-37(50)54-38(2,3)4)39(23-53-24)15-18-47(19-16-39)34-28(22-49)42-32-31(45-48(36(32)44-34)29-9-7-8-20-52-29)27-14-17-41-35(30(27)40)46(5)21-25-10-12-26(51-6)13-11-25/h10-14,17,24,29,33,49H,7-9,15-16,18-23H2,1-6H3,(H,43,50)/t24-,29?,33+/m0/s1. The molecule has 0 bridgehead atoms. The van der Waals surface area contributed by atoms with Gasteiger partial charge in [-0.15, -0.1) is 0 Å². The summed E-state index contributed by atoms with van der Waals surface area (Å²) in [5.74, 6) is 1.99. The Bertz CT molecular complexity index is 1950. The molecule has 14 nitrogen and oxygen atoms in total. The maximum atomic E-state index is 12.8. The Kier molecular flexibility index (Phi) is 10.9. The predicted molar refractivity (Wildman–Crippen MR) is 206 cm³/mol. The van der Waals surface area contributed by atoms with Crippen LogP contribution < -0.4 is 19.9 Å². The van der Waals surface area contributed by atoms with Gasteiger partial charge < -0.3 is 39.2 Å². The van der Waals surface area contributed by atoms with Crippen molar-refractivity contribution >= 4 is 40.5 Å². The first kappa shape index (κ1) is 38.1. The summed E-state index contributed by atoms with van der Waals surface area (Å²) in [7, 11) is 3.59. The van der Waals surface area contributed by atoms with Crippen molar-refractivity contribution in [3.63, 3.8) is 0 Å². The zero-order valence-electron chi connectivity index (χ0n) is 32.0. The second-order valence-electron chi connectivity index (χ2n) is 15.6. The van der Waals surface area contributed by atoms with Crippen molar-refractivity contribution in [2.75, 3.05) is 50.3 Å². The molecule has 3 saturated heterocycles. The fourth-order valence-electron chi connectivity index (χ4n) is 7.90. The summed E-state index contributed by atoms with van der Waals surface area (Å²) in [6.07, 6.45) is 5.07. The number of nitrogens with zero attached hydrogens (tertiary/aromatic N) is 7. The fourth-order valence-corrected chi connectivity index (χ4v) is 8.24. The number of hydrogen-bond donors (Lipinski definition) is 2. The summed E-state index contributed by atoms with van der Waals surface area (Å²) in [6.45, 7) is 10.3. The van der Waals surface area contributed by atoms with Crippen molar-refractivity contribution < 1.29 is 28.8 Å². The minimum absolute atomic E-state index is 0.153. The highest BCUT2D eigenvalue weighted by atomic mass is 35.5. The van der Waals surface area contributed by atoms with Crippen molar-refractivity contribution in [1.82, 2.24) is 30.0 Å². The number of ether oxygens (including phenoxy) is 4. The topological polar surface area (TPSA) is 149 Å². The predicted octanol–water partition coefficient (Wildman–Crippen LogP) is 6.28. The van der Waals surface area contributed by atoms with E-state index in [0.717, 1.165) is 43.4 Å². The number of aliphatic hydroxyl groups is 1. The molecular weight excluding hydrogens is 712 g/mol. The molecule has 0 aliphatic carbocycles. The van der Waals surface area contributed by atoms with Gasteiger partial charge in [0.25, 0.3) is 0 Å². The van der Waals surface area contributed by atoms with E-state index in [-0.39, 0.29) is 30.4 Å². The molecule has 2 N–H and O–H groups in total. The first-order valence-corrected chi connectivity index (χ1v) is 19.1. The first-order valence-electron chi connectivity index (χ1n) is 18.8. The minimum atomic E-state index is -0.602. The van der Waals surface area contributed by atoms with Gasteiger partial charge in [-0.1, -0.05) is 23.7 Å².